The van der Waals surface area contributed by atoms with Crippen LogP contribution < -0.4 is 5.32 Å². The van der Waals surface area contributed by atoms with Gasteiger partial charge in [-0.05, 0) is 6.07 Å². The van der Waals surface area contributed by atoms with Crippen LogP contribution in [0.3, 0.4) is 0 Å². The monoisotopic (exact) mass is 278 g/mol. The summed E-state index contributed by atoms with van der Waals surface area (Å²) in [6.45, 7) is 0. The van der Waals surface area contributed by atoms with Gasteiger partial charge in [0.2, 0.25) is 5.91 Å². The van der Waals surface area contributed by atoms with E-state index in [-0.39, 0.29) is 22.6 Å². The molecule has 1 atom stereocenters. The van der Waals surface area contributed by atoms with E-state index in [1.54, 1.807) is 5.32 Å². The number of imide groups is 2. The summed E-state index contributed by atoms with van der Waals surface area (Å²) < 4.78 is 14.8. The van der Waals surface area contributed by atoms with Crippen molar-refractivity contribution in [3.05, 3.63) is 23.5 Å². The molecule has 102 valence electrons. The molecule has 1 saturated heterocycles. The highest BCUT2D eigenvalue weighted by molar-refractivity contribution is 6.23. The zero-order valence-electron chi connectivity index (χ0n) is 9.92. The molecule has 1 unspecified atom stereocenters. The molecule has 0 aromatic carbocycles. The van der Waals surface area contributed by atoms with Crippen molar-refractivity contribution in [2.24, 2.45) is 0 Å². The zero-order chi connectivity index (χ0) is 14.5. The maximum atomic E-state index is 14.8. The molecule has 8 nitrogen and oxygen atoms in total. The van der Waals surface area contributed by atoms with E-state index in [0.717, 1.165) is 0 Å². The predicted octanol–water partition coefficient (Wildman–Crippen LogP) is -0.825. The molecule has 0 saturated carbocycles. The van der Waals surface area contributed by atoms with Gasteiger partial charge in [0.1, 0.15) is 0 Å². The standard InChI is InChI=1S/C11H7FN4O4/c12-11(3-1-6(17)14-10(11)20)16-8(18)5-2-4-13-15-7(5)9(16)19/h2,4H,1,3H2,(H,14,17,20). The molecule has 9 heteroatoms. The average Bonchev–Trinajstić information content (AvgIpc) is 2.68. The van der Waals surface area contributed by atoms with E-state index in [1.807, 2.05) is 0 Å². The summed E-state index contributed by atoms with van der Waals surface area (Å²) in [6, 6.07) is 1.22. The van der Waals surface area contributed by atoms with Crippen LogP contribution in [0.4, 0.5) is 4.39 Å². The lowest BCUT2D eigenvalue weighted by Crippen LogP contribution is -2.61. The summed E-state index contributed by atoms with van der Waals surface area (Å²) in [5, 5.41) is 8.71. The molecular formula is C11H7FN4O4. The van der Waals surface area contributed by atoms with Crippen LogP contribution in [0, 0.1) is 0 Å². The van der Waals surface area contributed by atoms with Gasteiger partial charge >= 0.3 is 0 Å². The van der Waals surface area contributed by atoms with Gasteiger partial charge in [0.05, 0.1) is 11.8 Å². The Morgan fingerprint density at radius 1 is 1.25 bits per heavy atom. The lowest BCUT2D eigenvalue weighted by Gasteiger charge is -2.33. The lowest BCUT2D eigenvalue weighted by molar-refractivity contribution is -0.151. The number of fused-ring (bicyclic) bond motifs is 1. The van der Waals surface area contributed by atoms with Gasteiger partial charge in [0.15, 0.2) is 5.69 Å². The van der Waals surface area contributed by atoms with Crippen LogP contribution in [0.2, 0.25) is 0 Å². The van der Waals surface area contributed by atoms with Crippen molar-refractivity contribution in [3.8, 4) is 0 Å². The van der Waals surface area contributed by atoms with Crippen LogP contribution in [0.25, 0.3) is 0 Å². The Labute approximate surface area is 111 Å². The minimum Gasteiger partial charge on any atom is -0.292 e. The Kier molecular flexibility index (Phi) is 2.40. The van der Waals surface area contributed by atoms with Crippen molar-refractivity contribution in [1.29, 1.82) is 0 Å². The largest absolute Gasteiger partial charge is 0.292 e. The second kappa shape index (κ2) is 3.89. The first kappa shape index (κ1) is 12.3. The van der Waals surface area contributed by atoms with Crippen LogP contribution >= 0.6 is 0 Å². The number of nitrogens with zero attached hydrogens (tertiary/aromatic N) is 3. The van der Waals surface area contributed by atoms with Crippen molar-refractivity contribution in [1.82, 2.24) is 20.4 Å². The van der Waals surface area contributed by atoms with Crippen molar-refractivity contribution in [3.63, 3.8) is 0 Å². The van der Waals surface area contributed by atoms with Gasteiger partial charge in [-0.15, -0.1) is 5.10 Å². The molecule has 1 fully saturated rings. The Bertz CT molecular complexity index is 641. The fourth-order valence-corrected chi connectivity index (χ4v) is 2.19. The normalized spacial score (nSPS) is 25.8. The SMILES string of the molecule is O=C1CCC(F)(N2C(=O)c3ccnnc3C2=O)C(=O)N1. The van der Waals surface area contributed by atoms with Crippen LogP contribution in [0.15, 0.2) is 12.3 Å². The second-order valence-electron chi connectivity index (χ2n) is 4.38. The third-order valence-corrected chi connectivity index (χ3v) is 3.20. The highest BCUT2D eigenvalue weighted by atomic mass is 19.1. The Morgan fingerprint density at radius 2 is 2.00 bits per heavy atom. The van der Waals surface area contributed by atoms with Gasteiger partial charge in [-0.1, -0.05) is 0 Å². The molecule has 4 amide bonds. The molecule has 0 spiro atoms. The van der Waals surface area contributed by atoms with Gasteiger partial charge in [0, 0.05) is 12.8 Å². The first-order valence-corrected chi connectivity index (χ1v) is 5.69. The van der Waals surface area contributed by atoms with Crippen molar-refractivity contribution >= 4 is 23.6 Å². The topological polar surface area (TPSA) is 109 Å². The Balaban J connectivity index is 2.04. The number of rotatable bonds is 1. The van der Waals surface area contributed by atoms with E-state index in [0.29, 0.717) is 0 Å². The maximum absolute atomic E-state index is 14.8. The van der Waals surface area contributed by atoms with Gasteiger partial charge in [-0.3, -0.25) is 24.5 Å². The molecule has 2 aliphatic rings. The van der Waals surface area contributed by atoms with Gasteiger partial charge in [-0.2, -0.15) is 5.10 Å². The molecular weight excluding hydrogens is 271 g/mol. The predicted molar refractivity (Wildman–Crippen MR) is 58.8 cm³/mol. The number of carbonyl (C=O) groups is 4. The first-order valence-electron chi connectivity index (χ1n) is 5.69. The number of piperidine rings is 1. The Hall–Kier alpha value is -2.71. The van der Waals surface area contributed by atoms with Gasteiger partial charge in [0.25, 0.3) is 23.5 Å². The number of hydrogen-bond donors (Lipinski definition) is 1. The van der Waals surface area contributed by atoms with E-state index in [1.165, 1.54) is 12.3 Å². The number of amides is 4. The van der Waals surface area contributed by atoms with Gasteiger partial charge < -0.3 is 0 Å². The number of aromatic nitrogens is 2. The number of hydrogen-bond acceptors (Lipinski definition) is 6. The maximum Gasteiger partial charge on any atom is 0.285 e. The fraction of sp³-hybridized carbons (Fsp3) is 0.273. The van der Waals surface area contributed by atoms with E-state index < -0.39 is 35.8 Å². The molecule has 2 aliphatic heterocycles. The van der Waals surface area contributed by atoms with Crippen molar-refractivity contribution in [2.45, 2.75) is 18.6 Å². The Morgan fingerprint density at radius 3 is 2.65 bits per heavy atom. The van der Waals surface area contributed by atoms with Crippen LogP contribution in [0.5, 0.6) is 0 Å². The molecule has 1 N–H and O–H groups in total. The summed E-state index contributed by atoms with van der Waals surface area (Å²) in [5.41, 5.74) is -0.425. The highest BCUT2D eigenvalue weighted by Crippen LogP contribution is 2.34. The third kappa shape index (κ3) is 1.46. The summed E-state index contributed by atoms with van der Waals surface area (Å²) in [4.78, 5) is 47.0. The molecule has 20 heavy (non-hydrogen) atoms. The molecule has 0 bridgehead atoms. The molecule has 1 aromatic rings. The van der Waals surface area contributed by atoms with Gasteiger partial charge in [-0.25, -0.2) is 9.29 Å². The first-order chi connectivity index (χ1) is 9.45. The third-order valence-electron chi connectivity index (χ3n) is 3.20. The zero-order valence-corrected chi connectivity index (χ0v) is 9.92. The van der Waals surface area contributed by atoms with Crippen molar-refractivity contribution in [2.75, 3.05) is 0 Å². The summed E-state index contributed by atoms with van der Waals surface area (Å²) in [5.74, 6) is -6.86. The van der Waals surface area contributed by atoms with Crippen LogP contribution in [-0.4, -0.2) is 44.5 Å². The molecule has 3 heterocycles. The number of nitrogens with one attached hydrogen (secondary N) is 1. The van der Waals surface area contributed by atoms with Crippen LogP contribution in [-0.2, 0) is 9.59 Å². The van der Waals surface area contributed by atoms with E-state index >= 15 is 0 Å². The minimum absolute atomic E-state index is 0.119. The minimum atomic E-state index is -2.89. The lowest BCUT2D eigenvalue weighted by atomic mass is 10.0. The molecule has 1 aromatic heterocycles. The van der Waals surface area contributed by atoms with E-state index in [9.17, 15) is 23.6 Å². The van der Waals surface area contributed by atoms with E-state index in [4.69, 9.17) is 0 Å². The second-order valence-corrected chi connectivity index (χ2v) is 4.38. The summed E-state index contributed by atoms with van der Waals surface area (Å²) in [6.07, 6.45) is 0.306. The fourth-order valence-electron chi connectivity index (χ4n) is 2.19. The smallest absolute Gasteiger partial charge is 0.285 e. The molecule has 3 rings (SSSR count). The summed E-state index contributed by atoms with van der Waals surface area (Å²) in [7, 11) is 0. The van der Waals surface area contributed by atoms with Crippen molar-refractivity contribution < 1.29 is 23.6 Å². The molecule has 0 radical (unpaired) electrons. The average molecular weight is 278 g/mol. The summed E-state index contributed by atoms with van der Waals surface area (Å²) >= 11 is 0. The number of carbonyl (C=O) groups excluding carboxylic acids is 4. The van der Waals surface area contributed by atoms with E-state index in [2.05, 4.69) is 10.2 Å². The number of halogens is 1. The van der Waals surface area contributed by atoms with Crippen LogP contribution in [0.1, 0.15) is 33.7 Å². The highest BCUT2D eigenvalue weighted by Gasteiger charge is 2.57. The quantitative estimate of drug-likeness (QED) is 0.530. The molecule has 0 aliphatic carbocycles. The number of alkyl halides is 1.